The van der Waals surface area contributed by atoms with Gasteiger partial charge in [-0.05, 0) is 54.6 Å². The number of nitrogens with one attached hydrogen (secondary N) is 2. The molecular formula is C20H20F4N4O2S. The SMILES string of the molecule is CNS(=O)(=O)CCNc1ccc(-c2cc(F)cc(C(F)(F)F)c2)cc1-c1ccn(C)n1. The summed E-state index contributed by atoms with van der Waals surface area (Å²) < 4.78 is 80.2. The molecule has 0 amide bonds. The quantitative estimate of drug-likeness (QED) is 0.530. The minimum atomic E-state index is -4.68. The molecule has 0 aliphatic rings. The summed E-state index contributed by atoms with van der Waals surface area (Å²) in [6.45, 7) is 0.0978. The van der Waals surface area contributed by atoms with Crippen molar-refractivity contribution in [2.24, 2.45) is 7.05 Å². The highest BCUT2D eigenvalue weighted by Crippen LogP contribution is 2.36. The number of anilines is 1. The zero-order chi connectivity index (χ0) is 22.8. The van der Waals surface area contributed by atoms with Crippen LogP contribution in [0.2, 0.25) is 0 Å². The van der Waals surface area contributed by atoms with Gasteiger partial charge >= 0.3 is 6.18 Å². The Labute approximate surface area is 177 Å². The van der Waals surface area contributed by atoms with Crippen LogP contribution in [-0.4, -0.2) is 37.5 Å². The van der Waals surface area contributed by atoms with Gasteiger partial charge < -0.3 is 5.32 Å². The Kier molecular flexibility index (Phi) is 6.37. The van der Waals surface area contributed by atoms with E-state index in [1.54, 1.807) is 36.1 Å². The molecule has 1 aromatic heterocycles. The summed E-state index contributed by atoms with van der Waals surface area (Å²) in [5.74, 6) is -1.17. The molecule has 166 valence electrons. The molecule has 0 saturated carbocycles. The first-order valence-electron chi connectivity index (χ1n) is 9.16. The third-order valence-corrected chi connectivity index (χ3v) is 5.93. The molecule has 31 heavy (non-hydrogen) atoms. The van der Waals surface area contributed by atoms with Crippen LogP contribution in [0.5, 0.6) is 0 Å². The minimum absolute atomic E-state index is 0.0637. The van der Waals surface area contributed by atoms with Crippen molar-refractivity contribution < 1.29 is 26.0 Å². The van der Waals surface area contributed by atoms with Crippen LogP contribution in [-0.2, 0) is 23.2 Å². The predicted octanol–water partition coefficient (Wildman–Crippen LogP) is 3.87. The van der Waals surface area contributed by atoms with E-state index in [1.807, 2.05) is 0 Å². The van der Waals surface area contributed by atoms with Crippen molar-refractivity contribution >= 4 is 15.7 Å². The summed E-state index contributed by atoms with van der Waals surface area (Å²) in [6, 6.07) is 8.79. The fraction of sp³-hybridized carbons (Fsp3) is 0.250. The van der Waals surface area contributed by atoms with E-state index in [0.717, 1.165) is 12.1 Å². The molecule has 2 aromatic carbocycles. The summed E-state index contributed by atoms with van der Waals surface area (Å²) in [7, 11) is -0.391. The molecule has 11 heteroatoms. The number of sulfonamides is 1. The number of halogens is 4. The molecule has 3 rings (SSSR count). The Hall–Kier alpha value is -2.92. The molecule has 1 heterocycles. The van der Waals surface area contributed by atoms with Crippen LogP contribution in [0, 0.1) is 5.82 Å². The van der Waals surface area contributed by atoms with Crippen LogP contribution in [0.4, 0.5) is 23.2 Å². The average Bonchev–Trinajstić information content (AvgIpc) is 3.13. The molecule has 0 atom stereocenters. The van der Waals surface area contributed by atoms with E-state index in [2.05, 4.69) is 15.1 Å². The van der Waals surface area contributed by atoms with E-state index in [4.69, 9.17) is 0 Å². The van der Waals surface area contributed by atoms with Gasteiger partial charge in [0.1, 0.15) is 5.82 Å². The van der Waals surface area contributed by atoms with Gasteiger partial charge in [-0.15, -0.1) is 0 Å². The fourth-order valence-electron chi connectivity index (χ4n) is 2.99. The lowest BCUT2D eigenvalue weighted by atomic mass is 9.98. The van der Waals surface area contributed by atoms with E-state index < -0.39 is 27.6 Å². The summed E-state index contributed by atoms with van der Waals surface area (Å²) in [5.41, 5.74) is 0.948. The van der Waals surface area contributed by atoms with Gasteiger partial charge in [0.05, 0.1) is 17.0 Å². The second kappa shape index (κ2) is 8.67. The van der Waals surface area contributed by atoms with Crippen LogP contribution in [0.3, 0.4) is 0 Å². The molecule has 0 unspecified atom stereocenters. The van der Waals surface area contributed by atoms with Gasteiger partial charge in [-0.1, -0.05) is 6.07 Å². The minimum Gasteiger partial charge on any atom is -0.383 e. The van der Waals surface area contributed by atoms with Crippen molar-refractivity contribution in [1.82, 2.24) is 14.5 Å². The number of aryl methyl sites for hydroxylation is 1. The molecule has 0 spiro atoms. The average molecular weight is 456 g/mol. The highest BCUT2D eigenvalue weighted by atomic mass is 32.2. The number of hydrogen-bond donors (Lipinski definition) is 2. The zero-order valence-corrected chi connectivity index (χ0v) is 17.5. The topological polar surface area (TPSA) is 76.0 Å². The molecule has 0 fully saturated rings. The van der Waals surface area contributed by atoms with Gasteiger partial charge in [0.2, 0.25) is 10.0 Å². The fourth-order valence-corrected chi connectivity index (χ4v) is 3.57. The summed E-state index contributed by atoms with van der Waals surface area (Å²) in [4.78, 5) is 0. The molecule has 0 aliphatic carbocycles. The lowest BCUT2D eigenvalue weighted by Gasteiger charge is -2.14. The Balaban J connectivity index is 2.02. The third kappa shape index (κ3) is 5.61. The molecule has 0 bridgehead atoms. The van der Waals surface area contributed by atoms with Gasteiger partial charge in [0.25, 0.3) is 0 Å². The van der Waals surface area contributed by atoms with Gasteiger partial charge in [-0.2, -0.15) is 18.3 Å². The smallest absolute Gasteiger partial charge is 0.383 e. The molecule has 0 radical (unpaired) electrons. The molecule has 3 aromatic rings. The van der Waals surface area contributed by atoms with E-state index in [-0.39, 0.29) is 17.9 Å². The monoisotopic (exact) mass is 456 g/mol. The van der Waals surface area contributed by atoms with Crippen LogP contribution in [0.1, 0.15) is 5.56 Å². The lowest BCUT2D eigenvalue weighted by molar-refractivity contribution is -0.137. The van der Waals surface area contributed by atoms with Crippen LogP contribution >= 0.6 is 0 Å². The largest absolute Gasteiger partial charge is 0.416 e. The highest BCUT2D eigenvalue weighted by molar-refractivity contribution is 7.89. The van der Waals surface area contributed by atoms with Crippen LogP contribution in [0.15, 0.2) is 48.7 Å². The molecule has 6 nitrogen and oxygen atoms in total. The Bertz CT molecular complexity index is 1190. The lowest BCUT2D eigenvalue weighted by Crippen LogP contribution is -2.26. The van der Waals surface area contributed by atoms with Crippen molar-refractivity contribution in [1.29, 1.82) is 0 Å². The maximum atomic E-state index is 13.9. The Morgan fingerprint density at radius 3 is 2.42 bits per heavy atom. The second-order valence-corrected chi connectivity index (χ2v) is 8.86. The Morgan fingerprint density at radius 2 is 1.81 bits per heavy atom. The first-order chi connectivity index (χ1) is 14.5. The van der Waals surface area contributed by atoms with E-state index in [0.29, 0.717) is 28.6 Å². The maximum absolute atomic E-state index is 13.9. The van der Waals surface area contributed by atoms with Crippen molar-refractivity contribution in [2.45, 2.75) is 6.18 Å². The molecular weight excluding hydrogens is 436 g/mol. The van der Waals surface area contributed by atoms with Crippen LogP contribution in [0.25, 0.3) is 22.4 Å². The Morgan fingerprint density at radius 1 is 1.06 bits per heavy atom. The van der Waals surface area contributed by atoms with Crippen molar-refractivity contribution in [2.75, 3.05) is 24.7 Å². The van der Waals surface area contributed by atoms with Crippen LogP contribution < -0.4 is 10.0 Å². The highest BCUT2D eigenvalue weighted by Gasteiger charge is 2.31. The van der Waals surface area contributed by atoms with Crippen molar-refractivity contribution in [3.8, 4) is 22.4 Å². The van der Waals surface area contributed by atoms with Crippen molar-refractivity contribution in [3.63, 3.8) is 0 Å². The maximum Gasteiger partial charge on any atom is 0.416 e. The summed E-state index contributed by atoms with van der Waals surface area (Å²) >= 11 is 0. The van der Waals surface area contributed by atoms with E-state index in [9.17, 15) is 26.0 Å². The zero-order valence-electron chi connectivity index (χ0n) is 16.7. The predicted molar refractivity (Wildman–Crippen MR) is 110 cm³/mol. The normalized spacial score (nSPS) is 12.2. The standard InChI is InChI=1S/C20H20F4N4O2S/c1-25-31(29,30)8-6-26-18-4-3-13(11-17(18)19-5-7-28(2)27-19)14-9-15(20(22,23)24)12-16(21)10-14/h3-5,7,9-12,25-26H,6,8H2,1-2H3. The van der Waals surface area contributed by atoms with Gasteiger partial charge in [0.15, 0.2) is 0 Å². The summed E-state index contributed by atoms with van der Waals surface area (Å²) in [5, 5.41) is 7.33. The molecule has 2 N–H and O–H groups in total. The number of hydrogen-bond acceptors (Lipinski definition) is 4. The van der Waals surface area contributed by atoms with Crippen molar-refractivity contribution in [3.05, 3.63) is 60.0 Å². The number of rotatable bonds is 7. The van der Waals surface area contributed by atoms with E-state index in [1.165, 1.54) is 13.1 Å². The number of aromatic nitrogens is 2. The van der Waals surface area contributed by atoms with Gasteiger partial charge in [0, 0.05) is 31.0 Å². The van der Waals surface area contributed by atoms with Gasteiger partial charge in [-0.3, -0.25) is 4.68 Å². The van der Waals surface area contributed by atoms with E-state index >= 15 is 0 Å². The first kappa shape index (κ1) is 22.8. The molecule has 0 aliphatic heterocycles. The summed E-state index contributed by atoms with van der Waals surface area (Å²) in [6.07, 6.45) is -2.98. The third-order valence-electron chi connectivity index (χ3n) is 4.56. The number of alkyl halides is 3. The van der Waals surface area contributed by atoms with Gasteiger partial charge in [-0.25, -0.2) is 17.5 Å². The number of nitrogens with zero attached hydrogens (tertiary/aromatic N) is 2. The number of benzene rings is 2. The second-order valence-electron chi connectivity index (χ2n) is 6.81. The molecule has 0 saturated heterocycles. The first-order valence-corrected chi connectivity index (χ1v) is 10.8.